The van der Waals surface area contributed by atoms with E-state index in [-0.39, 0.29) is 18.6 Å². The molecule has 1 atom stereocenters. The van der Waals surface area contributed by atoms with E-state index in [9.17, 15) is 4.79 Å². The number of nitrogens with zero attached hydrogens (tertiary/aromatic N) is 1. The number of amides is 1. The molecule has 0 saturated heterocycles. The van der Waals surface area contributed by atoms with E-state index in [2.05, 4.69) is 5.32 Å². The Bertz CT molecular complexity index is 571. The molecule has 4 nitrogen and oxygen atoms in total. The third-order valence-electron chi connectivity index (χ3n) is 3.47. The molecule has 2 N–H and O–H groups in total. The van der Waals surface area contributed by atoms with Gasteiger partial charge in [-0.15, -0.1) is 0 Å². The zero-order valence-electron chi connectivity index (χ0n) is 11.8. The van der Waals surface area contributed by atoms with Crippen LogP contribution in [-0.2, 0) is 7.05 Å². The summed E-state index contributed by atoms with van der Waals surface area (Å²) in [5.74, 6) is -0.157. The van der Waals surface area contributed by atoms with Crippen LogP contribution in [0.2, 0.25) is 0 Å². The normalized spacial score (nSPS) is 12.2. The lowest BCUT2D eigenvalue weighted by molar-refractivity contribution is 0.0907. The largest absolute Gasteiger partial charge is 0.394 e. The first-order chi connectivity index (χ1) is 9.67. The molecule has 0 fully saturated rings. The third-order valence-corrected chi connectivity index (χ3v) is 3.47. The van der Waals surface area contributed by atoms with Crippen molar-refractivity contribution in [3.63, 3.8) is 0 Å². The minimum atomic E-state index is -0.197. The smallest absolute Gasteiger partial charge is 0.268 e. The lowest BCUT2D eigenvalue weighted by atomic mass is 10.2. The molecule has 2 aromatic rings. The van der Waals surface area contributed by atoms with Crippen molar-refractivity contribution in [2.45, 2.75) is 19.4 Å². The summed E-state index contributed by atoms with van der Waals surface area (Å²) in [5, 5.41) is 12.0. The van der Waals surface area contributed by atoms with Gasteiger partial charge in [0.2, 0.25) is 0 Å². The predicted molar refractivity (Wildman–Crippen MR) is 79.5 cm³/mol. The van der Waals surface area contributed by atoms with E-state index in [1.165, 1.54) is 0 Å². The Morgan fingerprint density at radius 1 is 1.25 bits per heavy atom. The molecule has 0 bridgehead atoms. The summed E-state index contributed by atoms with van der Waals surface area (Å²) in [6, 6.07) is 13.5. The molecule has 0 aliphatic rings. The predicted octanol–water partition coefficient (Wildman–Crippen LogP) is 2.19. The first-order valence-corrected chi connectivity index (χ1v) is 6.80. The van der Waals surface area contributed by atoms with Crippen LogP contribution in [0, 0.1) is 0 Å². The average molecular weight is 272 g/mol. The molecule has 0 radical (unpaired) electrons. The molecule has 1 heterocycles. The number of rotatable bonds is 5. The molecule has 1 unspecified atom stereocenters. The average Bonchev–Trinajstić information content (AvgIpc) is 2.87. The van der Waals surface area contributed by atoms with Crippen LogP contribution in [-0.4, -0.2) is 28.2 Å². The molecule has 0 aliphatic carbocycles. The number of carbonyl (C=O) groups excluding carboxylic acids is 1. The Kier molecular flexibility index (Phi) is 4.58. The fourth-order valence-corrected chi connectivity index (χ4v) is 2.17. The van der Waals surface area contributed by atoms with Gasteiger partial charge in [0.05, 0.1) is 12.6 Å². The SMILES string of the molecule is CCC(CO)NC(=O)c1ccc(-c2ccccc2)n1C. The molecule has 0 saturated carbocycles. The first-order valence-electron chi connectivity index (χ1n) is 6.80. The number of aromatic nitrogens is 1. The molecule has 4 heteroatoms. The van der Waals surface area contributed by atoms with Gasteiger partial charge < -0.3 is 15.0 Å². The summed E-state index contributed by atoms with van der Waals surface area (Å²) < 4.78 is 1.87. The Hall–Kier alpha value is -2.07. The number of hydrogen-bond acceptors (Lipinski definition) is 2. The number of nitrogens with one attached hydrogen (secondary N) is 1. The molecule has 0 aliphatic heterocycles. The van der Waals surface area contributed by atoms with E-state index in [4.69, 9.17) is 5.11 Å². The maximum atomic E-state index is 12.2. The van der Waals surface area contributed by atoms with Crippen LogP contribution in [0.5, 0.6) is 0 Å². The van der Waals surface area contributed by atoms with Crippen LogP contribution in [0.15, 0.2) is 42.5 Å². The van der Waals surface area contributed by atoms with Crippen LogP contribution < -0.4 is 5.32 Å². The van der Waals surface area contributed by atoms with Gasteiger partial charge in [0.25, 0.3) is 5.91 Å². The molecule has 1 aromatic heterocycles. The number of aliphatic hydroxyl groups is 1. The van der Waals surface area contributed by atoms with Gasteiger partial charge in [-0.05, 0) is 24.1 Å². The monoisotopic (exact) mass is 272 g/mol. The molecule has 106 valence electrons. The van der Waals surface area contributed by atoms with Crippen molar-refractivity contribution >= 4 is 5.91 Å². The fourth-order valence-electron chi connectivity index (χ4n) is 2.17. The minimum absolute atomic E-state index is 0.0434. The second kappa shape index (κ2) is 6.39. The molecular formula is C16H20N2O2. The van der Waals surface area contributed by atoms with E-state index in [1.807, 2.05) is 61.0 Å². The van der Waals surface area contributed by atoms with Crippen LogP contribution in [0.4, 0.5) is 0 Å². The highest BCUT2D eigenvalue weighted by Gasteiger charge is 2.16. The Labute approximate surface area is 119 Å². The van der Waals surface area contributed by atoms with Crippen molar-refractivity contribution in [2.75, 3.05) is 6.61 Å². The maximum absolute atomic E-state index is 12.2. The Morgan fingerprint density at radius 3 is 2.55 bits per heavy atom. The Balaban J connectivity index is 2.23. The standard InChI is InChI=1S/C16H20N2O2/c1-3-13(11-19)17-16(20)15-10-9-14(18(15)2)12-7-5-4-6-8-12/h4-10,13,19H,3,11H2,1-2H3,(H,17,20). The van der Waals surface area contributed by atoms with E-state index in [0.29, 0.717) is 12.1 Å². The summed E-state index contributed by atoms with van der Waals surface area (Å²) in [7, 11) is 1.87. The zero-order chi connectivity index (χ0) is 14.5. The maximum Gasteiger partial charge on any atom is 0.268 e. The van der Waals surface area contributed by atoms with Crippen LogP contribution in [0.3, 0.4) is 0 Å². The van der Waals surface area contributed by atoms with Gasteiger partial charge in [-0.25, -0.2) is 0 Å². The van der Waals surface area contributed by atoms with Gasteiger partial charge in [-0.2, -0.15) is 0 Å². The van der Waals surface area contributed by atoms with Crippen molar-refractivity contribution in [2.24, 2.45) is 7.05 Å². The topological polar surface area (TPSA) is 54.3 Å². The highest BCUT2D eigenvalue weighted by Crippen LogP contribution is 2.21. The van der Waals surface area contributed by atoms with Gasteiger partial charge in [-0.3, -0.25) is 4.79 Å². The van der Waals surface area contributed by atoms with Crippen molar-refractivity contribution in [1.82, 2.24) is 9.88 Å². The summed E-state index contributed by atoms with van der Waals surface area (Å²) in [4.78, 5) is 12.2. The summed E-state index contributed by atoms with van der Waals surface area (Å²) in [6.07, 6.45) is 0.707. The van der Waals surface area contributed by atoms with Crippen LogP contribution in [0.25, 0.3) is 11.3 Å². The highest BCUT2D eigenvalue weighted by molar-refractivity contribution is 5.94. The summed E-state index contributed by atoms with van der Waals surface area (Å²) in [6.45, 7) is 1.89. The van der Waals surface area contributed by atoms with Gasteiger partial charge in [-0.1, -0.05) is 37.3 Å². The van der Waals surface area contributed by atoms with E-state index >= 15 is 0 Å². The van der Waals surface area contributed by atoms with Crippen molar-refractivity contribution in [3.05, 3.63) is 48.2 Å². The second-order valence-electron chi connectivity index (χ2n) is 4.79. The lowest BCUT2D eigenvalue weighted by Gasteiger charge is -2.14. The summed E-state index contributed by atoms with van der Waals surface area (Å²) >= 11 is 0. The van der Waals surface area contributed by atoms with Crippen molar-refractivity contribution < 1.29 is 9.90 Å². The highest BCUT2D eigenvalue weighted by atomic mass is 16.3. The molecule has 20 heavy (non-hydrogen) atoms. The van der Waals surface area contributed by atoms with Crippen LogP contribution in [0.1, 0.15) is 23.8 Å². The molecule has 1 aromatic carbocycles. The number of hydrogen-bond donors (Lipinski definition) is 2. The van der Waals surface area contributed by atoms with Gasteiger partial charge >= 0.3 is 0 Å². The first kappa shape index (κ1) is 14.3. The number of carbonyl (C=O) groups is 1. The van der Waals surface area contributed by atoms with Crippen molar-refractivity contribution in [3.8, 4) is 11.3 Å². The Morgan fingerprint density at radius 2 is 1.95 bits per heavy atom. The molecule has 2 rings (SSSR count). The molecule has 1 amide bonds. The van der Waals surface area contributed by atoms with Crippen LogP contribution >= 0.6 is 0 Å². The van der Waals surface area contributed by atoms with E-state index in [0.717, 1.165) is 11.3 Å². The number of aliphatic hydroxyl groups excluding tert-OH is 1. The minimum Gasteiger partial charge on any atom is -0.394 e. The van der Waals surface area contributed by atoms with Gasteiger partial charge in [0, 0.05) is 12.7 Å². The molecular weight excluding hydrogens is 252 g/mol. The van der Waals surface area contributed by atoms with E-state index in [1.54, 1.807) is 0 Å². The quantitative estimate of drug-likeness (QED) is 0.876. The third kappa shape index (κ3) is 2.91. The van der Waals surface area contributed by atoms with E-state index < -0.39 is 0 Å². The van der Waals surface area contributed by atoms with Crippen molar-refractivity contribution in [1.29, 1.82) is 0 Å². The van der Waals surface area contributed by atoms with Gasteiger partial charge in [0.1, 0.15) is 5.69 Å². The fraction of sp³-hybridized carbons (Fsp3) is 0.312. The number of benzene rings is 1. The van der Waals surface area contributed by atoms with Gasteiger partial charge in [0.15, 0.2) is 0 Å². The molecule has 0 spiro atoms. The lowest BCUT2D eigenvalue weighted by Crippen LogP contribution is -2.37. The second-order valence-corrected chi connectivity index (χ2v) is 4.79. The summed E-state index contributed by atoms with van der Waals surface area (Å²) in [5.41, 5.74) is 2.66. The zero-order valence-corrected chi connectivity index (χ0v) is 11.8.